The molecule has 0 saturated carbocycles. The van der Waals surface area contributed by atoms with Crippen LogP contribution in [0.2, 0.25) is 0 Å². The van der Waals surface area contributed by atoms with Gasteiger partial charge < -0.3 is 4.74 Å². The van der Waals surface area contributed by atoms with Crippen LogP contribution in [0.25, 0.3) is 0 Å². The molecule has 0 N–H and O–H groups in total. The number of nitrogens with zero attached hydrogens (tertiary/aromatic N) is 1. The van der Waals surface area contributed by atoms with Gasteiger partial charge in [-0.25, -0.2) is 0 Å². The van der Waals surface area contributed by atoms with Gasteiger partial charge in [-0.05, 0) is 41.8 Å². The topological polar surface area (TPSA) is 56.3 Å². The van der Waals surface area contributed by atoms with E-state index in [2.05, 4.69) is 4.98 Å². The standard InChI is InChI=1S/C19H12F3NO3S/c20-19(21,22)13-5-1-6-14(10-13)26-18(25)16(15-7-3-9-27-15)17(24)12-4-2-8-23-11-12/h1-11,16H. The summed E-state index contributed by atoms with van der Waals surface area (Å²) in [5.74, 6) is -3.06. The first kappa shape index (κ1) is 18.8. The van der Waals surface area contributed by atoms with Crippen molar-refractivity contribution in [3.8, 4) is 5.75 Å². The summed E-state index contributed by atoms with van der Waals surface area (Å²) >= 11 is 1.18. The van der Waals surface area contributed by atoms with Crippen molar-refractivity contribution in [2.24, 2.45) is 0 Å². The summed E-state index contributed by atoms with van der Waals surface area (Å²) < 4.78 is 43.6. The van der Waals surface area contributed by atoms with Crippen LogP contribution >= 0.6 is 11.3 Å². The molecule has 3 rings (SSSR count). The zero-order chi connectivity index (χ0) is 19.4. The number of aromatic nitrogens is 1. The Bertz CT molecular complexity index is 940. The molecule has 4 nitrogen and oxygen atoms in total. The fourth-order valence-corrected chi connectivity index (χ4v) is 3.20. The molecule has 0 fully saturated rings. The Morgan fingerprint density at radius 3 is 2.52 bits per heavy atom. The van der Waals surface area contributed by atoms with Crippen LogP contribution in [0, 0.1) is 0 Å². The molecule has 8 heteroatoms. The number of esters is 1. The van der Waals surface area contributed by atoms with Gasteiger partial charge in [0.05, 0.1) is 5.56 Å². The third-order valence-electron chi connectivity index (χ3n) is 3.65. The van der Waals surface area contributed by atoms with E-state index in [4.69, 9.17) is 4.74 Å². The first-order chi connectivity index (χ1) is 12.9. The average molecular weight is 391 g/mol. The van der Waals surface area contributed by atoms with Gasteiger partial charge in [0.2, 0.25) is 0 Å². The number of ether oxygens (including phenoxy) is 1. The minimum atomic E-state index is -4.57. The smallest absolute Gasteiger partial charge is 0.416 e. The minimum absolute atomic E-state index is 0.205. The minimum Gasteiger partial charge on any atom is -0.426 e. The Labute approximate surface area is 156 Å². The summed E-state index contributed by atoms with van der Waals surface area (Å²) in [5, 5.41) is 1.69. The molecule has 138 valence electrons. The summed E-state index contributed by atoms with van der Waals surface area (Å²) in [6.45, 7) is 0. The van der Waals surface area contributed by atoms with Crippen molar-refractivity contribution < 1.29 is 27.5 Å². The molecular weight excluding hydrogens is 379 g/mol. The van der Waals surface area contributed by atoms with Gasteiger partial charge in [-0.3, -0.25) is 14.6 Å². The summed E-state index contributed by atoms with van der Waals surface area (Å²) in [6, 6.07) is 10.3. The maximum Gasteiger partial charge on any atom is 0.416 e. The first-order valence-corrected chi connectivity index (χ1v) is 8.61. The van der Waals surface area contributed by atoms with Crippen LogP contribution in [0.4, 0.5) is 13.2 Å². The highest BCUT2D eigenvalue weighted by Crippen LogP contribution is 2.32. The fraction of sp³-hybridized carbons (Fsp3) is 0.105. The normalized spacial score (nSPS) is 12.4. The summed E-state index contributed by atoms with van der Waals surface area (Å²) in [6.07, 6.45) is -1.76. The molecular formula is C19H12F3NO3S. The van der Waals surface area contributed by atoms with Crippen molar-refractivity contribution in [2.45, 2.75) is 12.1 Å². The number of Topliss-reactive ketones (excluding diaryl/α,β-unsaturated/α-hetero) is 1. The lowest BCUT2D eigenvalue weighted by Crippen LogP contribution is -2.26. The largest absolute Gasteiger partial charge is 0.426 e. The van der Waals surface area contributed by atoms with E-state index >= 15 is 0 Å². The van der Waals surface area contributed by atoms with Gasteiger partial charge in [0.25, 0.3) is 0 Å². The highest BCUT2D eigenvalue weighted by atomic mass is 32.1. The van der Waals surface area contributed by atoms with E-state index in [1.165, 1.54) is 35.9 Å². The maximum atomic E-state index is 12.8. The van der Waals surface area contributed by atoms with E-state index in [1.54, 1.807) is 23.6 Å². The maximum absolute atomic E-state index is 12.8. The molecule has 0 aliphatic carbocycles. The lowest BCUT2D eigenvalue weighted by molar-refractivity contribution is -0.139. The SMILES string of the molecule is O=C(Oc1cccc(C(F)(F)F)c1)C(C(=O)c1cccnc1)c1cccs1. The molecule has 1 atom stereocenters. The van der Waals surface area contributed by atoms with Crippen molar-refractivity contribution in [3.05, 3.63) is 82.3 Å². The van der Waals surface area contributed by atoms with Crippen molar-refractivity contribution >= 4 is 23.1 Å². The molecule has 3 aromatic rings. The Morgan fingerprint density at radius 2 is 1.89 bits per heavy atom. The van der Waals surface area contributed by atoms with E-state index in [0.717, 1.165) is 18.2 Å². The number of carbonyl (C=O) groups is 2. The van der Waals surface area contributed by atoms with Crippen LogP contribution in [0.1, 0.15) is 26.7 Å². The quantitative estimate of drug-likeness (QED) is 0.273. The lowest BCUT2D eigenvalue weighted by Gasteiger charge is -2.14. The first-order valence-electron chi connectivity index (χ1n) is 7.73. The van der Waals surface area contributed by atoms with E-state index in [0.29, 0.717) is 4.88 Å². The van der Waals surface area contributed by atoms with Gasteiger partial charge in [0.15, 0.2) is 11.7 Å². The second kappa shape index (κ2) is 7.71. The Kier molecular flexibility index (Phi) is 5.36. The van der Waals surface area contributed by atoms with Gasteiger partial charge in [-0.2, -0.15) is 13.2 Å². The van der Waals surface area contributed by atoms with Gasteiger partial charge in [0.1, 0.15) is 5.75 Å². The van der Waals surface area contributed by atoms with Crippen molar-refractivity contribution in [1.82, 2.24) is 4.98 Å². The number of ketones is 1. The van der Waals surface area contributed by atoms with Crippen LogP contribution in [-0.4, -0.2) is 16.7 Å². The van der Waals surface area contributed by atoms with Gasteiger partial charge in [-0.1, -0.05) is 12.1 Å². The predicted molar refractivity (Wildman–Crippen MR) is 92.7 cm³/mol. The van der Waals surface area contributed by atoms with Crippen LogP contribution < -0.4 is 4.74 Å². The van der Waals surface area contributed by atoms with Gasteiger partial charge >= 0.3 is 12.1 Å². The molecule has 0 radical (unpaired) electrons. The van der Waals surface area contributed by atoms with Crippen LogP contribution in [-0.2, 0) is 11.0 Å². The number of carbonyl (C=O) groups excluding carboxylic acids is 2. The van der Waals surface area contributed by atoms with E-state index < -0.39 is 29.4 Å². The van der Waals surface area contributed by atoms with E-state index in [-0.39, 0.29) is 11.3 Å². The van der Waals surface area contributed by atoms with Gasteiger partial charge in [0, 0.05) is 22.8 Å². The molecule has 27 heavy (non-hydrogen) atoms. The number of rotatable bonds is 5. The van der Waals surface area contributed by atoms with E-state index in [9.17, 15) is 22.8 Å². The van der Waals surface area contributed by atoms with Crippen LogP contribution in [0.3, 0.4) is 0 Å². The molecule has 0 saturated heterocycles. The van der Waals surface area contributed by atoms with Crippen LogP contribution in [0.15, 0.2) is 66.3 Å². The lowest BCUT2D eigenvalue weighted by atomic mass is 9.97. The molecule has 0 bridgehead atoms. The zero-order valence-corrected chi connectivity index (χ0v) is 14.5. The van der Waals surface area contributed by atoms with Crippen molar-refractivity contribution in [2.75, 3.05) is 0 Å². The Morgan fingerprint density at radius 1 is 1.07 bits per heavy atom. The fourth-order valence-electron chi connectivity index (χ4n) is 2.39. The highest BCUT2D eigenvalue weighted by molar-refractivity contribution is 7.10. The molecule has 0 spiro atoms. The number of hydrogen-bond donors (Lipinski definition) is 0. The number of halogens is 3. The molecule has 2 heterocycles. The Hall–Kier alpha value is -3.00. The van der Waals surface area contributed by atoms with Crippen molar-refractivity contribution in [3.63, 3.8) is 0 Å². The van der Waals surface area contributed by atoms with Crippen molar-refractivity contribution in [1.29, 1.82) is 0 Å². The highest BCUT2D eigenvalue weighted by Gasteiger charge is 2.34. The number of benzene rings is 1. The predicted octanol–water partition coefficient (Wildman–Crippen LogP) is 4.73. The van der Waals surface area contributed by atoms with Crippen LogP contribution in [0.5, 0.6) is 5.75 Å². The average Bonchev–Trinajstić information content (AvgIpc) is 3.16. The molecule has 1 aromatic carbocycles. The molecule has 2 aromatic heterocycles. The summed E-state index contributed by atoms with van der Waals surface area (Å²) in [4.78, 5) is 29.7. The third kappa shape index (κ3) is 4.40. The second-order valence-electron chi connectivity index (χ2n) is 5.50. The number of hydrogen-bond acceptors (Lipinski definition) is 5. The Balaban J connectivity index is 1.90. The second-order valence-corrected chi connectivity index (χ2v) is 6.48. The monoisotopic (exact) mass is 391 g/mol. The molecule has 1 unspecified atom stereocenters. The zero-order valence-electron chi connectivity index (χ0n) is 13.6. The molecule has 0 aliphatic heterocycles. The number of thiophene rings is 1. The molecule has 0 amide bonds. The summed E-state index contributed by atoms with van der Waals surface area (Å²) in [5.41, 5.74) is -0.740. The van der Waals surface area contributed by atoms with E-state index in [1.807, 2.05) is 0 Å². The molecule has 0 aliphatic rings. The van der Waals surface area contributed by atoms with Gasteiger partial charge in [-0.15, -0.1) is 11.3 Å². The summed E-state index contributed by atoms with van der Waals surface area (Å²) in [7, 11) is 0. The number of alkyl halides is 3. The number of pyridine rings is 1. The third-order valence-corrected chi connectivity index (χ3v) is 4.59.